The molecule has 1 aliphatic rings. The summed E-state index contributed by atoms with van der Waals surface area (Å²) < 4.78 is 11.0. The summed E-state index contributed by atoms with van der Waals surface area (Å²) in [4.78, 5) is 0. The van der Waals surface area contributed by atoms with E-state index in [0.29, 0.717) is 25.2 Å². The van der Waals surface area contributed by atoms with Gasteiger partial charge in [-0.05, 0) is 36.1 Å². The molecule has 0 fully saturated rings. The molecular formula is C16H25NO3. The predicted octanol–water partition coefficient (Wildman–Crippen LogP) is 2.52. The van der Waals surface area contributed by atoms with Gasteiger partial charge in [0.2, 0.25) is 0 Å². The molecule has 1 aromatic rings. The first kappa shape index (κ1) is 15.1. The van der Waals surface area contributed by atoms with E-state index in [1.807, 2.05) is 18.2 Å². The van der Waals surface area contributed by atoms with Crippen LogP contribution in [0.5, 0.6) is 11.5 Å². The van der Waals surface area contributed by atoms with Crippen LogP contribution in [0.25, 0.3) is 0 Å². The van der Waals surface area contributed by atoms with Crippen LogP contribution in [0.15, 0.2) is 18.2 Å². The normalized spacial score (nSPS) is 16.0. The molecule has 0 spiro atoms. The maximum atomic E-state index is 10.2. The van der Waals surface area contributed by atoms with Gasteiger partial charge in [0, 0.05) is 6.54 Å². The fourth-order valence-corrected chi connectivity index (χ4v) is 2.09. The zero-order chi connectivity index (χ0) is 14.6. The lowest BCUT2D eigenvalue weighted by Crippen LogP contribution is -2.25. The highest BCUT2D eigenvalue weighted by molar-refractivity contribution is 5.44. The van der Waals surface area contributed by atoms with Gasteiger partial charge in [-0.15, -0.1) is 0 Å². The lowest BCUT2D eigenvalue weighted by Gasteiger charge is -2.21. The number of nitrogens with one attached hydrogen (secondary N) is 1. The number of hydrogen-bond acceptors (Lipinski definition) is 4. The van der Waals surface area contributed by atoms with Gasteiger partial charge in [0.25, 0.3) is 0 Å². The smallest absolute Gasteiger partial charge is 0.161 e. The van der Waals surface area contributed by atoms with Crippen molar-refractivity contribution in [3.63, 3.8) is 0 Å². The van der Waals surface area contributed by atoms with E-state index in [1.165, 1.54) is 0 Å². The Bertz CT molecular complexity index is 440. The Morgan fingerprint density at radius 1 is 1.20 bits per heavy atom. The fraction of sp³-hybridized carbons (Fsp3) is 0.625. The Morgan fingerprint density at radius 2 is 1.90 bits per heavy atom. The van der Waals surface area contributed by atoms with Crippen LogP contribution in [0.2, 0.25) is 0 Å². The highest BCUT2D eigenvalue weighted by Gasteiger charge is 2.15. The van der Waals surface area contributed by atoms with Crippen molar-refractivity contribution in [3.05, 3.63) is 23.8 Å². The molecule has 4 heteroatoms. The zero-order valence-corrected chi connectivity index (χ0v) is 12.6. The van der Waals surface area contributed by atoms with Crippen LogP contribution in [-0.2, 0) is 0 Å². The molecule has 4 nitrogen and oxygen atoms in total. The summed E-state index contributed by atoms with van der Waals surface area (Å²) in [6.45, 7) is 9.25. The van der Waals surface area contributed by atoms with E-state index in [2.05, 4.69) is 26.1 Å². The van der Waals surface area contributed by atoms with Gasteiger partial charge in [0.15, 0.2) is 11.5 Å². The van der Waals surface area contributed by atoms with E-state index >= 15 is 0 Å². The third-order valence-electron chi connectivity index (χ3n) is 3.34. The Hall–Kier alpha value is -1.26. The van der Waals surface area contributed by atoms with Crippen LogP contribution in [-0.4, -0.2) is 31.4 Å². The van der Waals surface area contributed by atoms with Crippen LogP contribution in [0, 0.1) is 5.41 Å². The van der Waals surface area contributed by atoms with Crippen LogP contribution < -0.4 is 14.8 Å². The van der Waals surface area contributed by atoms with Gasteiger partial charge < -0.3 is 19.9 Å². The second-order valence-electron chi connectivity index (χ2n) is 6.43. The Labute approximate surface area is 121 Å². The van der Waals surface area contributed by atoms with Gasteiger partial charge >= 0.3 is 0 Å². The lowest BCUT2D eigenvalue weighted by molar-refractivity contribution is 0.162. The monoisotopic (exact) mass is 279 g/mol. The molecule has 112 valence electrons. The van der Waals surface area contributed by atoms with Crippen molar-refractivity contribution in [2.45, 2.75) is 33.3 Å². The van der Waals surface area contributed by atoms with Gasteiger partial charge in [-0.3, -0.25) is 0 Å². The number of hydrogen-bond donors (Lipinski definition) is 2. The Balaban J connectivity index is 1.84. The highest BCUT2D eigenvalue weighted by atomic mass is 16.6. The fourth-order valence-electron chi connectivity index (χ4n) is 2.09. The van der Waals surface area contributed by atoms with E-state index < -0.39 is 6.10 Å². The third-order valence-corrected chi connectivity index (χ3v) is 3.34. The van der Waals surface area contributed by atoms with Crippen molar-refractivity contribution in [3.8, 4) is 11.5 Å². The average Bonchev–Trinajstić information content (AvgIpc) is 2.42. The number of aliphatic hydroxyl groups is 1. The molecule has 2 rings (SSSR count). The van der Waals surface area contributed by atoms with Gasteiger partial charge in [-0.1, -0.05) is 26.8 Å². The van der Waals surface area contributed by atoms with E-state index in [4.69, 9.17) is 9.47 Å². The number of aliphatic hydroxyl groups excluding tert-OH is 1. The first-order valence-corrected chi connectivity index (χ1v) is 7.24. The summed E-state index contributed by atoms with van der Waals surface area (Å²) in [5.41, 5.74) is 1.17. The molecule has 0 radical (unpaired) electrons. The minimum Gasteiger partial charge on any atom is -0.486 e. The standard InChI is InChI=1S/C16H25NO3/c1-16(2,3)6-7-17-11-13(18)12-4-5-14-15(10-12)20-9-8-19-14/h4-5,10,13,17-18H,6-9,11H2,1-3H3. The van der Waals surface area contributed by atoms with Crippen LogP contribution in [0.3, 0.4) is 0 Å². The third kappa shape index (κ3) is 4.39. The lowest BCUT2D eigenvalue weighted by atomic mass is 9.92. The first-order chi connectivity index (χ1) is 9.46. The van der Waals surface area contributed by atoms with Gasteiger partial charge in [0.05, 0.1) is 6.10 Å². The topological polar surface area (TPSA) is 50.7 Å². The predicted molar refractivity (Wildman–Crippen MR) is 79.3 cm³/mol. The summed E-state index contributed by atoms with van der Waals surface area (Å²) in [7, 11) is 0. The van der Waals surface area contributed by atoms with Crippen molar-refractivity contribution < 1.29 is 14.6 Å². The van der Waals surface area contributed by atoms with E-state index in [9.17, 15) is 5.11 Å². The highest BCUT2D eigenvalue weighted by Crippen LogP contribution is 2.32. The SMILES string of the molecule is CC(C)(C)CCNCC(O)c1ccc2c(c1)OCCO2. The van der Waals surface area contributed by atoms with Crippen molar-refractivity contribution >= 4 is 0 Å². The molecule has 0 aliphatic carbocycles. The second-order valence-corrected chi connectivity index (χ2v) is 6.43. The van der Waals surface area contributed by atoms with E-state index in [-0.39, 0.29) is 0 Å². The Kier molecular flexibility index (Phi) is 4.89. The number of benzene rings is 1. The van der Waals surface area contributed by atoms with Gasteiger partial charge in [0.1, 0.15) is 13.2 Å². The summed E-state index contributed by atoms with van der Waals surface area (Å²) in [5, 5.41) is 13.5. The number of rotatable bonds is 5. The maximum Gasteiger partial charge on any atom is 0.161 e. The van der Waals surface area contributed by atoms with Crippen molar-refractivity contribution in [1.82, 2.24) is 5.32 Å². The van der Waals surface area contributed by atoms with Gasteiger partial charge in [-0.2, -0.15) is 0 Å². The zero-order valence-electron chi connectivity index (χ0n) is 12.6. The summed E-state index contributed by atoms with van der Waals surface area (Å²) in [6.07, 6.45) is 0.562. The van der Waals surface area contributed by atoms with Crippen molar-refractivity contribution in [2.75, 3.05) is 26.3 Å². The molecular weight excluding hydrogens is 254 g/mol. The molecule has 0 aromatic heterocycles. The number of fused-ring (bicyclic) bond motifs is 1. The van der Waals surface area contributed by atoms with Crippen LogP contribution in [0.1, 0.15) is 38.9 Å². The summed E-state index contributed by atoms with van der Waals surface area (Å²) in [6, 6.07) is 5.62. The molecule has 2 N–H and O–H groups in total. The minimum absolute atomic E-state index is 0.314. The largest absolute Gasteiger partial charge is 0.486 e. The molecule has 1 aliphatic heterocycles. The number of ether oxygens (including phenoxy) is 2. The molecule has 0 bridgehead atoms. The quantitative estimate of drug-likeness (QED) is 0.813. The van der Waals surface area contributed by atoms with Crippen molar-refractivity contribution in [1.29, 1.82) is 0 Å². The van der Waals surface area contributed by atoms with Crippen LogP contribution >= 0.6 is 0 Å². The minimum atomic E-state index is -0.522. The average molecular weight is 279 g/mol. The Morgan fingerprint density at radius 3 is 2.60 bits per heavy atom. The first-order valence-electron chi connectivity index (χ1n) is 7.24. The van der Waals surface area contributed by atoms with E-state index in [1.54, 1.807) is 0 Å². The van der Waals surface area contributed by atoms with E-state index in [0.717, 1.165) is 30.0 Å². The second kappa shape index (κ2) is 6.46. The summed E-state index contributed by atoms with van der Waals surface area (Å²) >= 11 is 0. The molecule has 0 saturated carbocycles. The maximum absolute atomic E-state index is 10.2. The molecule has 0 amide bonds. The molecule has 1 unspecified atom stereocenters. The molecule has 1 aromatic carbocycles. The molecule has 20 heavy (non-hydrogen) atoms. The summed E-state index contributed by atoms with van der Waals surface area (Å²) in [5.74, 6) is 1.48. The van der Waals surface area contributed by atoms with Crippen molar-refractivity contribution in [2.24, 2.45) is 5.41 Å². The molecule has 1 heterocycles. The molecule has 1 atom stereocenters. The molecule has 0 saturated heterocycles. The van der Waals surface area contributed by atoms with Gasteiger partial charge in [-0.25, -0.2) is 0 Å². The van der Waals surface area contributed by atoms with Crippen LogP contribution in [0.4, 0.5) is 0 Å².